The van der Waals surface area contributed by atoms with Crippen LogP contribution in [0.25, 0.3) is 0 Å². The van der Waals surface area contributed by atoms with E-state index in [0.717, 1.165) is 17.8 Å². The second kappa shape index (κ2) is 3.37. The topological polar surface area (TPSA) is 26.0 Å². The van der Waals surface area contributed by atoms with Gasteiger partial charge in [-0.25, -0.2) is 0 Å². The molecule has 1 saturated carbocycles. The molecule has 0 aliphatic heterocycles. The van der Waals surface area contributed by atoms with Gasteiger partial charge in [0.1, 0.15) is 0 Å². The van der Waals surface area contributed by atoms with E-state index in [2.05, 4.69) is 27.7 Å². The van der Waals surface area contributed by atoms with Crippen LogP contribution in [0.15, 0.2) is 0 Å². The van der Waals surface area contributed by atoms with Crippen LogP contribution in [0.1, 0.15) is 47.0 Å². The Kier molecular flexibility index (Phi) is 2.82. The Balaban J connectivity index is 2.64. The molecule has 72 valence electrons. The van der Waals surface area contributed by atoms with E-state index in [1.54, 1.807) is 0 Å². The molecule has 1 nitrogen and oxygen atoms in total. The maximum absolute atomic E-state index is 6.31. The van der Waals surface area contributed by atoms with Gasteiger partial charge in [0, 0.05) is 5.54 Å². The van der Waals surface area contributed by atoms with Crippen LogP contribution >= 0.6 is 0 Å². The number of rotatable bonds is 1. The Hall–Kier alpha value is -0.0400. The summed E-state index contributed by atoms with van der Waals surface area (Å²) >= 11 is 0. The number of nitrogens with two attached hydrogens (primary N) is 1. The molecule has 1 heteroatoms. The van der Waals surface area contributed by atoms with Crippen molar-refractivity contribution in [2.45, 2.75) is 52.5 Å². The van der Waals surface area contributed by atoms with Crippen molar-refractivity contribution in [1.29, 1.82) is 0 Å². The highest BCUT2D eigenvalue weighted by Crippen LogP contribution is 2.38. The molecule has 0 radical (unpaired) electrons. The molecule has 1 aliphatic rings. The largest absolute Gasteiger partial charge is 0.325 e. The molecular formula is C11H23N. The fourth-order valence-electron chi connectivity index (χ4n) is 2.89. The lowest BCUT2D eigenvalue weighted by molar-refractivity contribution is 0.124. The summed E-state index contributed by atoms with van der Waals surface area (Å²) in [6.07, 6.45) is 3.90. The van der Waals surface area contributed by atoms with Crippen molar-refractivity contribution in [1.82, 2.24) is 0 Å². The van der Waals surface area contributed by atoms with Gasteiger partial charge in [-0.2, -0.15) is 0 Å². The summed E-state index contributed by atoms with van der Waals surface area (Å²) < 4.78 is 0. The summed E-state index contributed by atoms with van der Waals surface area (Å²) in [4.78, 5) is 0. The Labute approximate surface area is 76.7 Å². The van der Waals surface area contributed by atoms with Gasteiger partial charge in [0.15, 0.2) is 0 Å². The summed E-state index contributed by atoms with van der Waals surface area (Å²) in [5.41, 5.74) is 6.40. The lowest BCUT2D eigenvalue weighted by Crippen LogP contribution is -2.50. The molecule has 0 heterocycles. The second-order valence-corrected chi connectivity index (χ2v) is 5.24. The molecule has 0 aromatic heterocycles. The predicted molar refractivity (Wildman–Crippen MR) is 53.9 cm³/mol. The minimum atomic E-state index is 0.0891. The molecule has 0 aromatic rings. The monoisotopic (exact) mass is 169 g/mol. The van der Waals surface area contributed by atoms with Gasteiger partial charge in [0.05, 0.1) is 0 Å². The normalized spacial score (nSPS) is 43.5. The van der Waals surface area contributed by atoms with Crippen LogP contribution in [-0.4, -0.2) is 5.54 Å². The van der Waals surface area contributed by atoms with Gasteiger partial charge in [-0.1, -0.05) is 27.2 Å². The van der Waals surface area contributed by atoms with Gasteiger partial charge < -0.3 is 5.73 Å². The maximum Gasteiger partial charge on any atom is 0.0159 e. The first-order chi connectivity index (χ1) is 5.43. The maximum atomic E-state index is 6.31. The van der Waals surface area contributed by atoms with E-state index in [1.807, 2.05) is 0 Å². The molecule has 3 atom stereocenters. The van der Waals surface area contributed by atoms with E-state index in [4.69, 9.17) is 5.73 Å². The van der Waals surface area contributed by atoms with Gasteiger partial charge in [-0.3, -0.25) is 0 Å². The van der Waals surface area contributed by atoms with E-state index in [0.29, 0.717) is 0 Å². The predicted octanol–water partition coefficient (Wildman–Crippen LogP) is 2.80. The van der Waals surface area contributed by atoms with Crippen LogP contribution < -0.4 is 5.73 Å². The van der Waals surface area contributed by atoms with Crippen molar-refractivity contribution in [2.24, 2.45) is 23.5 Å². The van der Waals surface area contributed by atoms with E-state index in [9.17, 15) is 0 Å². The first kappa shape index (κ1) is 10.0. The molecule has 1 rings (SSSR count). The summed E-state index contributed by atoms with van der Waals surface area (Å²) in [5.74, 6) is 2.30. The molecule has 12 heavy (non-hydrogen) atoms. The third kappa shape index (κ3) is 2.01. The highest BCUT2D eigenvalue weighted by atomic mass is 14.8. The molecule has 0 spiro atoms. The minimum Gasteiger partial charge on any atom is -0.325 e. The van der Waals surface area contributed by atoms with Crippen LogP contribution in [-0.2, 0) is 0 Å². The average molecular weight is 169 g/mol. The Bertz CT molecular complexity index is 149. The fraction of sp³-hybridized carbons (Fsp3) is 1.00. The zero-order valence-electron chi connectivity index (χ0n) is 8.93. The molecule has 1 fully saturated rings. The third-order valence-electron chi connectivity index (χ3n) is 3.41. The van der Waals surface area contributed by atoms with Gasteiger partial charge in [0.2, 0.25) is 0 Å². The van der Waals surface area contributed by atoms with Crippen LogP contribution in [0.5, 0.6) is 0 Å². The lowest BCUT2D eigenvalue weighted by Gasteiger charge is -2.43. The van der Waals surface area contributed by atoms with Crippen LogP contribution in [0, 0.1) is 17.8 Å². The SMILES string of the molecule is CC(C)[C@@H]1CC[C@@H](C)C[C@]1(C)N. The van der Waals surface area contributed by atoms with Gasteiger partial charge in [-0.05, 0) is 37.5 Å². The Morgan fingerprint density at radius 3 is 2.33 bits per heavy atom. The molecule has 0 amide bonds. The van der Waals surface area contributed by atoms with Gasteiger partial charge >= 0.3 is 0 Å². The Morgan fingerprint density at radius 1 is 1.33 bits per heavy atom. The molecule has 0 unspecified atom stereocenters. The van der Waals surface area contributed by atoms with Crippen molar-refractivity contribution in [3.8, 4) is 0 Å². The van der Waals surface area contributed by atoms with Gasteiger partial charge in [-0.15, -0.1) is 0 Å². The lowest BCUT2D eigenvalue weighted by atomic mass is 9.66. The van der Waals surface area contributed by atoms with Crippen molar-refractivity contribution >= 4 is 0 Å². The zero-order chi connectivity index (χ0) is 9.35. The fourth-order valence-corrected chi connectivity index (χ4v) is 2.89. The number of hydrogen-bond donors (Lipinski definition) is 1. The van der Waals surface area contributed by atoms with E-state index >= 15 is 0 Å². The molecule has 0 saturated heterocycles. The molecule has 1 aliphatic carbocycles. The van der Waals surface area contributed by atoms with Crippen molar-refractivity contribution in [2.75, 3.05) is 0 Å². The summed E-state index contributed by atoms with van der Waals surface area (Å²) in [5, 5.41) is 0. The molecule has 0 aromatic carbocycles. The van der Waals surface area contributed by atoms with Crippen LogP contribution in [0.4, 0.5) is 0 Å². The van der Waals surface area contributed by atoms with E-state index < -0.39 is 0 Å². The summed E-state index contributed by atoms with van der Waals surface area (Å²) in [6.45, 7) is 9.15. The van der Waals surface area contributed by atoms with Crippen molar-refractivity contribution in [3.63, 3.8) is 0 Å². The van der Waals surface area contributed by atoms with Gasteiger partial charge in [0.25, 0.3) is 0 Å². The van der Waals surface area contributed by atoms with E-state index in [1.165, 1.54) is 19.3 Å². The van der Waals surface area contributed by atoms with E-state index in [-0.39, 0.29) is 5.54 Å². The van der Waals surface area contributed by atoms with Crippen LogP contribution in [0.3, 0.4) is 0 Å². The number of hydrogen-bond acceptors (Lipinski definition) is 1. The molecule has 2 N–H and O–H groups in total. The first-order valence-corrected chi connectivity index (χ1v) is 5.22. The first-order valence-electron chi connectivity index (χ1n) is 5.22. The standard InChI is InChI=1S/C11H23N/c1-8(2)10-6-5-9(3)7-11(10,4)12/h8-10H,5-7,12H2,1-4H3/t9-,10+,11+/m1/s1. The molecule has 0 bridgehead atoms. The minimum absolute atomic E-state index is 0.0891. The average Bonchev–Trinajstić information content (AvgIpc) is 1.82. The zero-order valence-corrected chi connectivity index (χ0v) is 8.93. The van der Waals surface area contributed by atoms with Crippen molar-refractivity contribution < 1.29 is 0 Å². The second-order valence-electron chi connectivity index (χ2n) is 5.24. The van der Waals surface area contributed by atoms with Crippen molar-refractivity contribution in [3.05, 3.63) is 0 Å². The Morgan fingerprint density at radius 2 is 1.92 bits per heavy atom. The highest BCUT2D eigenvalue weighted by Gasteiger charge is 2.37. The third-order valence-corrected chi connectivity index (χ3v) is 3.41. The summed E-state index contributed by atoms with van der Waals surface area (Å²) in [6, 6.07) is 0. The highest BCUT2D eigenvalue weighted by molar-refractivity contribution is 4.93. The summed E-state index contributed by atoms with van der Waals surface area (Å²) in [7, 11) is 0. The quantitative estimate of drug-likeness (QED) is 0.642. The smallest absolute Gasteiger partial charge is 0.0159 e. The van der Waals surface area contributed by atoms with Crippen LogP contribution in [0.2, 0.25) is 0 Å². The molecular weight excluding hydrogens is 146 g/mol.